The summed E-state index contributed by atoms with van der Waals surface area (Å²) in [6.45, 7) is 1.96. The normalized spacial score (nSPS) is 18.1. The lowest BCUT2D eigenvalue weighted by atomic mass is 10.1. The van der Waals surface area contributed by atoms with Gasteiger partial charge in [0, 0.05) is 12.8 Å². The van der Waals surface area contributed by atoms with Gasteiger partial charge in [0.25, 0.3) is 0 Å². The number of hydrogen-bond acceptors (Lipinski definition) is 6. The van der Waals surface area contributed by atoms with Crippen LogP contribution in [0.1, 0.15) is 51.9 Å². The Kier molecular flexibility index (Phi) is 9.05. The second-order valence-corrected chi connectivity index (χ2v) is 7.51. The van der Waals surface area contributed by atoms with Gasteiger partial charge in [0.15, 0.2) is 0 Å². The molecule has 0 heterocycles. The number of hydrogen-bond donors (Lipinski definition) is 2. The first-order chi connectivity index (χ1) is 8.36. The zero-order valence-electron chi connectivity index (χ0n) is 10.6. The summed E-state index contributed by atoms with van der Waals surface area (Å²) >= 11 is 0. The van der Waals surface area contributed by atoms with Crippen LogP contribution in [0.4, 0.5) is 0 Å². The third-order valence-electron chi connectivity index (χ3n) is 2.94. The van der Waals surface area contributed by atoms with Crippen LogP contribution in [0.15, 0.2) is 0 Å². The van der Waals surface area contributed by atoms with Crippen LogP contribution in [0.3, 0.4) is 0 Å². The van der Waals surface area contributed by atoms with Gasteiger partial charge >= 0.3 is 21.0 Å². The lowest BCUT2D eigenvalue weighted by Crippen LogP contribution is -2.28. The molecule has 0 aliphatic heterocycles. The van der Waals surface area contributed by atoms with Crippen LogP contribution >= 0.6 is 16.1 Å². The maximum absolute atomic E-state index is 11.3. The van der Waals surface area contributed by atoms with E-state index in [0.717, 1.165) is 12.8 Å². The summed E-state index contributed by atoms with van der Waals surface area (Å²) in [6.07, 6.45) is 1.82. The molecular formula is C10H21NO5P2. The summed E-state index contributed by atoms with van der Waals surface area (Å²) in [5.41, 5.74) is 5.15. The molecule has 0 aromatic heterocycles. The van der Waals surface area contributed by atoms with Crippen LogP contribution in [0.2, 0.25) is 0 Å². The van der Waals surface area contributed by atoms with Crippen LogP contribution in [0.5, 0.6) is 0 Å². The number of nitrogens with two attached hydrogens (primary N) is 1. The molecule has 0 fully saturated rings. The van der Waals surface area contributed by atoms with E-state index in [-0.39, 0.29) is 25.7 Å². The van der Waals surface area contributed by atoms with Gasteiger partial charge in [-0.1, -0.05) is 28.9 Å². The summed E-state index contributed by atoms with van der Waals surface area (Å²) < 4.78 is 22.6. The Labute approximate surface area is 109 Å². The molecule has 18 heavy (non-hydrogen) atoms. The Balaban J connectivity index is 4.65. The topological polar surface area (TPSA) is 127 Å². The van der Waals surface area contributed by atoms with Crippen molar-refractivity contribution < 1.29 is 24.0 Å². The van der Waals surface area contributed by atoms with Gasteiger partial charge in [-0.25, -0.2) is 0 Å². The van der Waals surface area contributed by atoms with Crippen molar-refractivity contribution in [1.82, 2.24) is 0 Å². The maximum atomic E-state index is 11.3. The van der Waals surface area contributed by atoms with Gasteiger partial charge in [-0.2, -0.15) is 0 Å². The van der Waals surface area contributed by atoms with Crippen molar-refractivity contribution in [2.45, 2.75) is 63.0 Å². The summed E-state index contributed by atoms with van der Waals surface area (Å²) in [5.74, 6) is 0. The molecule has 106 valence electrons. The van der Waals surface area contributed by atoms with E-state index in [9.17, 15) is 18.9 Å². The van der Waals surface area contributed by atoms with Crippen LogP contribution in [0.25, 0.3) is 0 Å². The van der Waals surface area contributed by atoms with Crippen molar-refractivity contribution in [2.24, 2.45) is 5.73 Å². The fraction of sp³-hybridized carbons (Fsp3) is 1.00. The number of aliphatic hydroxyl groups excluding tert-OH is 1. The van der Waals surface area contributed by atoms with Crippen molar-refractivity contribution in [3.63, 3.8) is 0 Å². The van der Waals surface area contributed by atoms with Gasteiger partial charge in [-0.05, 0) is 19.3 Å². The van der Waals surface area contributed by atoms with Crippen molar-refractivity contribution in [3.8, 4) is 0 Å². The summed E-state index contributed by atoms with van der Waals surface area (Å²) in [5, 5.41) is 8.92. The van der Waals surface area contributed by atoms with E-state index in [1.54, 1.807) is 0 Å². The van der Waals surface area contributed by atoms with Crippen molar-refractivity contribution in [1.29, 1.82) is 0 Å². The van der Waals surface area contributed by atoms with Gasteiger partial charge in [0.1, 0.15) is 6.23 Å². The van der Waals surface area contributed by atoms with E-state index in [2.05, 4.69) is 0 Å². The average molecular weight is 297 g/mol. The van der Waals surface area contributed by atoms with E-state index in [4.69, 9.17) is 10.8 Å². The quantitative estimate of drug-likeness (QED) is 0.350. The number of rotatable bonds is 10. The third-order valence-corrected chi connectivity index (χ3v) is 6.17. The molecule has 0 amide bonds. The Hall–Kier alpha value is 0.0400. The van der Waals surface area contributed by atoms with E-state index in [1.807, 2.05) is 6.92 Å². The highest BCUT2D eigenvalue weighted by molar-refractivity contribution is 7.58. The number of aliphatic hydroxyl groups is 1. The molecule has 0 radical (unpaired) electrons. The molecule has 0 saturated heterocycles. The molecule has 8 heteroatoms. The molecule has 6 nitrogen and oxygen atoms in total. The fourth-order valence-corrected chi connectivity index (χ4v) is 3.71. The third kappa shape index (κ3) is 5.79. The van der Waals surface area contributed by atoms with E-state index >= 15 is 0 Å². The summed E-state index contributed by atoms with van der Waals surface area (Å²) in [4.78, 5) is 20.9. The molecule has 0 aliphatic rings. The van der Waals surface area contributed by atoms with Gasteiger partial charge in [-0.3, -0.25) is 0 Å². The Morgan fingerprint density at radius 2 is 1.67 bits per heavy atom. The molecule has 0 spiro atoms. The molecular weight excluding hydrogens is 276 g/mol. The minimum absolute atomic E-state index is 0.00236. The minimum atomic E-state index is -3.05. The van der Waals surface area contributed by atoms with Crippen LogP contribution in [0, 0.1) is 0 Å². The standard InChI is InChI=1S/C10H21NO5P2/c1-2-3-4-7-10(17(13)14,18(15)16)8-5-6-9(11)12/h9,12H,2-8,11H2,1H3. The first-order valence-electron chi connectivity index (χ1n) is 6.09. The van der Waals surface area contributed by atoms with Gasteiger partial charge < -0.3 is 20.6 Å². The van der Waals surface area contributed by atoms with Crippen molar-refractivity contribution >= 4 is 16.1 Å². The Morgan fingerprint density at radius 1 is 1.17 bits per heavy atom. The van der Waals surface area contributed by atoms with Crippen molar-refractivity contribution in [2.75, 3.05) is 0 Å². The van der Waals surface area contributed by atoms with Crippen molar-refractivity contribution in [3.05, 3.63) is 0 Å². The van der Waals surface area contributed by atoms with Crippen LogP contribution < -0.4 is 15.5 Å². The molecule has 0 rings (SSSR count). The SMILES string of the molecule is CCCCCC(CCCC(N)O)([P+](=O)[O-])[P+](=O)[O-]. The van der Waals surface area contributed by atoms with Gasteiger partial charge in [0.2, 0.25) is 0 Å². The highest BCUT2D eigenvalue weighted by atomic mass is 31.2. The summed E-state index contributed by atoms with van der Waals surface area (Å²) in [7, 11) is -6.11. The predicted molar refractivity (Wildman–Crippen MR) is 66.1 cm³/mol. The van der Waals surface area contributed by atoms with E-state index in [0.29, 0.717) is 6.42 Å². The maximum Gasteiger partial charge on any atom is 0.367 e. The molecule has 0 aromatic rings. The highest BCUT2D eigenvalue weighted by Gasteiger charge is 2.54. The zero-order chi connectivity index (χ0) is 14.2. The second-order valence-electron chi connectivity index (χ2n) is 4.41. The first-order valence-corrected chi connectivity index (χ1v) is 8.45. The minimum Gasteiger partial charge on any atom is -0.592 e. The molecule has 0 saturated carbocycles. The predicted octanol–water partition coefficient (Wildman–Crippen LogP) is 0.916. The highest BCUT2D eigenvalue weighted by Crippen LogP contribution is 2.54. The number of unbranched alkanes of at least 4 members (excludes halogenated alkanes) is 2. The van der Waals surface area contributed by atoms with Crippen LogP contribution in [-0.4, -0.2) is 16.2 Å². The Bertz CT molecular complexity index is 271. The molecule has 3 N–H and O–H groups in total. The monoisotopic (exact) mass is 297 g/mol. The molecule has 3 unspecified atom stereocenters. The van der Waals surface area contributed by atoms with Gasteiger partial charge in [0.05, 0.1) is 0 Å². The molecule has 0 aliphatic carbocycles. The van der Waals surface area contributed by atoms with E-state index < -0.39 is 27.2 Å². The average Bonchev–Trinajstić information content (AvgIpc) is 2.25. The lowest BCUT2D eigenvalue weighted by Gasteiger charge is -2.17. The van der Waals surface area contributed by atoms with Gasteiger partial charge in [-0.15, -0.1) is 0 Å². The zero-order valence-corrected chi connectivity index (χ0v) is 12.4. The largest absolute Gasteiger partial charge is 0.592 e. The lowest BCUT2D eigenvalue weighted by molar-refractivity contribution is -0.179. The Morgan fingerprint density at radius 3 is 2.06 bits per heavy atom. The second kappa shape index (κ2) is 9.03. The van der Waals surface area contributed by atoms with E-state index in [1.165, 1.54) is 0 Å². The first kappa shape index (κ1) is 18.0. The van der Waals surface area contributed by atoms with Crippen LogP contribution in [-0.2, 0) is 9.13 Å². The molecule has 0 bridgehead atoms. The molecule has 0 aromatic carbocycles. The smallest absolute Gasteiger partial charge is 0.367 e. The molecule has 3 atom stereocenters. The summed E-state index contributed by atoms with van der Waals surface area (Å²) in [6, 6.07) is 0. The fourth-order valence-electron chi connectivity index (χ4n) is 1.81.